The predicted molar refractivity (Wildman–Crippen MR) is 122 cm³/mol. The van der Waals surface area contributed by atoms with Crippen molar-refractivity contribution in [3.8, 4) is 5.75 Å². The molecule has 0 saturated carbocycles. The molecule has 0 aliphatic heterocycles. The van der Waals surface area contributed by atoms with Gasteiger partial charge in [-0.3, -0.25) is 4.99 Å². The fourth-order valence-corrected chi connectivity index (χ4v) is 4.69. The molecule has 2 aromatic rings. The second-order valence-electron chi connectivity index (χ2n) is 7.37. The van der Waals surface area contributed by atoms with E-state index in [1.165, 1.54) is 0 Å². The number of aliphatic imine (C=N–C) groups is 1. The molecule has 0 heterocycles. The summed E-state index contributed by atoms with van der Waals surface area (Å²) < 4.78 is 32.8. The molecule has 0 radical (unpaired) electrons. The third kappa shape index (κ3) is 7.03. The second-order valence-corrected chi connectivity index (χ2v) is 9.12. The van der Waals surface area contributed by atoms with Crippen molar-refractivity contribution < 1.29 is 13.2 Å². The van der Waals surface area contributed by atoms with E-state index in [9.17, 15) is 8.42 Å². The molecule has 30 heavy (non-hydrogen) atoms. The highest BCUT2D eigenvalue weighted by Crippen LogP contribution is 2.19. The maximum atomic E-state index is 12.4. The Kier molecular flexibility index (Phi) is 8.68. The van der Waals surface area contributed by atoms with Gasteiger partial charge in [-0.25, -0.2) is 13.1 Å². The summed E-state index contributed by atoms with van der Waals surface area (Å²) in [5, 5.41) is 3.33. The van der Waals surface area contributed by atoms with Crippen LogP contribution in [0.1, 0.15) is 30.5 Å². The van der Waals surface area contributed by atoms with Crippen molar-refractivity contribution in [2.75, 3.05) is 21.2 Å². The zero-order valence-corrected chi connectivity index (χ0v) is 19.2. The third-order valence-corrected chi connectivity index (χ3v) is 6.01. The van der Waals surface area contributed by atoms with Crippen LogP contribution in [0.4, 0.5) is 0 Å². The molecule has 0 bridgehead atoms. The van der Waals surface area contributed by atoms with E-state index >= 15 is 0 Å². The molecule has 0 aromatic heterocycles. The van der Waals surface area contributed by atoms with Gasteiger partial charge in [0.25, 0.3) is 0 Å². The largest absolute Gasteiger partial charge is 0.496 e. The number of nitrogens with one attached hydrogen (secondary N) is 2. The lowest BCUT2D eigenvalue weighted by Gasteiger charge is -2.23. The fourth-order valence-electron chi connectivity index (χ4n) is 3.20. The predicted octanol–water partition coefficient (Wildman–Crippen LogP) is 2.73. The zero-order chi connectivity index (χ0) is 22.1. The van der Waals surface area contributed by atoms with Gasteiger partial charge < -0.3 is 15.0 Å². The normalized spacial score (nSPS) is 12.1. The molecule has 0 aliphatic carbocycles. The number of hydrogen-bond donors (Lipinski definition) is 2. The van der Waals surface area contributed by atoms with Gasteiger partial charge in [0, 0.05) is 38.8 Å². The SMILES string of the molecule is CN=C(NCc1ccccc1CS(=O)(=O)NC(C)C)N(C)Cc1ccccc1OC. The van der Waals surface area contributed by atoms with Crippen LogP contribution in [0, 0.1) is 0 Å². The monoisotopic (exact) mass is 432 g/mol. The molecule has 0 saturated heterocycles. The summed E-state index contributed by atoms with van der Waals surface area (Å²) in [6.45, 7) is 4.72. The Balaban J connectivity index is 2.08. The van der Waals surface area contributed by atoms with Crippen molar-refractivity contribution in [3.05, 3.63) is 65.2 Å². The summed E-state index contributed by atoms with van der Waals surface area (Å²) in [6, 6.07) is 15.3. The molecule has 2 aromatic carbocycles. The first-order chi connectivity index (χ1) is 14.3. The standard InChI is InChI=1S/C22H32N4O3S/c1-17(2)25-30(27,28)16-20-12-7-6-10-18(20)14-24-22(23-3)26(4)15-19-11-8-9-13-21(19)29-5/h6-13,17,25H,14-16H2,1-5H3,(H,23,24). The molecule has 2 N–H and O–H groups in total. The highest BCUT2D eigenvalue weighted by Gasteiger charge is 2.16. The Hall–Kier alpha value is -2.58. The summed E-state index contributed by atoms with van der Waals surface area (Å²) in [5.41, 5.74) is 2.73. The fraction of sp³-hybridized carbons (Fsp3) is 0.409. The van der Waals surface area contributed by atoms with Gasteiger partial charge in [-0.2, -0.15) is 0 Å². The molecular weight excluding hydrogens is 400 g/mol. The maximum absolute atomic E-state index is 12.4. The van der Waals surface area contributed by atoms with E-state index < -0.39 is 10.0 Å². The lowest BCUT2D eigenvalue weighted by atomic mass is 10.1. The second kappa shape index (κ2) is 11.0. The Labute approximate surface area is 180 Å². The first-order valence-electron chi connectivity index (χ1n) is 9.86. The Bertz CT molecular complexity index is 958. The lowest BCUT2D eigenvalue weighted by molar-refractivity contribution is 0.396. The van der Waals surface area contributed by atoms with E-state index in [-0.39, 0.29) is 11.8 Å². The van der Waals surface area contributed by atoms with Gasteiger partial charge in [0.15, 0.2) is 5.96 Å². The Morgan fingerprint density at radius 2 is 1.67 bits per heavy atom. The molecule has 0 unspecified atom stereocenters. The van der Waals surface area contributed by atoms with Crippen molar-refractivity contribution in [1.29, 1.82) is 0 Å². The lowest BCUT2D eigenvalue weighted by Crippen LogP contribution is -2.38. The van der Waals surface area contributed by atoms with E-state index in [1.807, 2.05) is 74.3 Å². The molecule has 0 fully saturated rings. The van der Waals surface area contributed by atoms with Gasteiger partial charge in [-0.05, 0) is 31.0 Å². The number of ether oxygens (including phenoxy) is 1. The van der Waals surface area contributed by atoms with Crippen LogP contribution in [0.15, 0.2) is 53.5 Å². The molecular formula is C22H32N4O3S. The molecule has 164 valence electrons. The van der Waals surface area contributed by atoms with Gasteiger partial charge in [0.1, 0.15) is 5.75 Å². The van der Waals surface area contributed by atoms with E-state index in [1.54, 1.807) is 14.2 Å². The summed E-state index contributed by atoms with van der Waals surface area (Å²) in [4.78, 5) is 6.36. The maximum Gasteiger partial charge on any atom is 0.216 e. The third-order valence-electron chi connectivity index (χ3n) is 4.49. The van der Waals surface area contributed by atoms with Crippen LogP contribution in [-0.4, -0.2) is 46.5 Å². The highest BCUT2D eigenvalue weighted by atomic mass is 32.2. The summed E-state index contributed by atoms with van der Waals surface area (Å²) in [7, 11) is 1.94. The number of nitrogens with zero attached hydrogens (tertiary/aromatic N) is 2. The topological polar surface area (TPSA) is 83.0 Å². The van der Waals surface area contributed by atoms with Gasteiger partial charge in [0.05, 0.1) is 12.9 Å². The minimum Gasteiger partial charge on any atom is -0.496 e. The molecule has 8 heteroatoms. The molecule has 0 amide bonds. The average molecular weight is 433 g/mol. The van der Waals surface area contributed by atoms with Crippen molar-refractivity contribution >= 4 is 16.0 Å². The summed E-state index contributed by atoms with van der Waals surface area (Å²) >= 11 is 0. The number of methoxy groups -OCH3 is 1. The summed E-state index contributed by atoms with van der Waals surface area (Å²) in [5.74, 6) is 1.48. The zero-order valence-electron chi connectivity index (χ0n) is 18.3. The number of guanidine groups is 1. The Morgan fingerprint density at radius 3 is 2.27 bits per heavy atom. The first kappa shape index (κ1) is 23.7. The molecule has 0 spiro atoms. The molecule has 0 aliphatic rings. The number of rotatable bonds is 9. The molecule has 2 rings (SSSR count). The van der Waals surface area contributed by atoms with Crippen molar-refractivity contribution in [3.63, 3.8) is 0 Å². The van der Waals surface area contributed by atoms with Crippen LogP contribution in [0.5, 0.6) is 5.75 Å². The van der Waals surface area contributed by atoms with Crippen LogP contribution in [0.2, 0.25) is 0 Å². The van der Waals surface area contributed by atoms with Gasteiger partial charge >= 0.3 is 0 Å². The first-order valence-corrected chi connectivity index (χ1v) is 11.5. The average Bonchev–Trinajstić information content (AvgIpc) is 2.68. The van der Waals surface area contributed by atoms with E-state index in [0.717, 1.165) is 22.4 Å². The van der Waals surface area contributed by atoms with Crippen molar-refractivity contribution in [2.24, 2.45) is 4.99 Å². The number of hydrogen-bond acceptors (Lipinski definition) is 4. The van der Waals surface area contributed by atoms with Crippen LogP contribution < -0.4 is 14.8 Å². The number of benzene rings is 2. The van der Waals surface area contributed by atoms with Crippen LogP contribution in [0.3, 0.4) is 0 Å². The minimum atomic E-state index is -3.40. The van der Waals surface area contributed by atoms with E-state index in [0.29, 0.717) is 19.0 Å². The number of sulfonamides is 1. The molecule has 7 nitrogen and oxygen atoms in total. The van der Waals surface area contributed by atoms with Crippen LogP contribution in [-0.2, 0) is 28.9 Å². The minimum absolute atomic E-state index is 0.0569. The van der Waals surface area contributed by atoms with E-state index in [4.69, 9.17) is 4.74 Å². The molecule has 0 atom stereocenters. The van der Waals surface area contributed by atoms with Crippen LogP contribution >= 0.6 is 0 Å². The van der Waals surface area contributed by atoms with E-state index in [2.05, 4.69) is 15.0 Å². The smallest absolute Gasteiger partial charge is 0.216 e. The summed E-state index contributed by atoms with van der Waals surface area (Å²) in [6.07, 6.45) is 0. The van der Waals surface area contributed by atoms with Crippen molar-refractivity contribution in [2.45, 2.75) is 38.7 Å². The van der Waals surface area contributed by atoms with Gasteiger partial charge in [-0.1, -0.05) is 42.5 Å². The Morgan fingerprint density at radius 1 is 1.07 bits per heavy atom. The quantitative estimate of drug-likeness (QED) is 0.470. The highest BCUT2D eigenvalue weighted by molar-refractivity contribution is 7.88. The van der Waals surface area contributed by atoms with Gasteiger partial charge in [-0.15, -0.1) is 0 Å². The van der Waals surface area contributed by atoms with Crippen molar-refractivity contribution in [1.82, 2.24) is 14.9 Å². The van der Waals surface area contributed by atoms with Crippen LogP contribution in [0.25, 0.3) is 0 Å². The number of para-hydroxylation sites is 1. The van der Waals surface area contributed by atoms with Gasteiger partial charge in [0.2, 0.25) is 10.0 Å².